The van der Waals surface area contributed by atoms with Crippen molar-refractivity contribution >= 4 is 11.8 Å². The molecule has 2 aromatic carbocycles. The van der Waals surface area contributed by atoms with Crippen LogP contribution in [0.3, 0.4) is 0 Å². The van der Waals surface area contributed by atoms with E-state index in [4.69, 9.17) is 23.7 Å². The third-order valence-corrected chi connectivity index (χ3v) is 3.73. The second kappa shape index (κ2) is 9.47. The first-order chi connectivity index (χ1) is 13.0. The van der Waals surface area contributed by atoms with E-state index in [-0.39, 0.29) is 11.1 Å². The first-order valence-corrected chi connectivity index (χ1v) is 8.27. The fourth-order valence-corrected chi connectivity index (χ4v) is 2.45. The van der Waals surface area contributed by atoms with Gasteiger partial charge in [-0.1, -0.05) is 12.1 Å². The minimum absolute atomic E-state index is 0.261. The number of para-hydroxylation sites is 1. The van der Waals surface area contributed by atoms with Gasteiger partial charge in [-0.25, -0.2) is 4.79 Å². The van der Waals surface area contributed by atoms with Crippen molar-refractivity contribution in [3.8, 4) is 23.0 Å². The molecular formula is C20H22O7. The summed E-state index contributed by atoms with van der Waals surface area (Å²) in [4.78, 5) is 24.8. The molecule has 0 bridgehead atoms. The highest BCUT2D eigenvalue weighted by molar-refractivity contribution is 6.00. The predicted octanol–water partition coefficient (Wildman–Crippen LogP) is 3.15. The number of hydrogen-bond acceptors (Lipinski definition) is 7. The van der Waals surface area contributed by atoms with Crippen molar-refractivity contribution in [3.05, 3.63) is 47.5 Å². The van der Waals surface area contributed by atoms with E-state index >= 15 is 0 Å². The fourth-order valence-electron chi connectivity index (χ4n) is 2.45. The number of Topliss-reactive ketones (excluding diaryl/α,β-unsaturated/α-hetero) is 1. The van der Waals surface area contributed by atoms with Gasteiger partial charge >= 0.3 is 5.97 Å². The van der Waals surface area contributed by atoms with Crippen LogP contribution in [0.4, 0.5) is 0 Å². The average Bonchev–Trinajstić information content (AvgIpc) is 2.71. The molecule has 0 unspecified atom stereocenters. The number of hydrogen-bond donors (Lipinski definition) is 0. The maximum Gasteiger partial charge on any atom is 0.342 e. The molecule has 0 spiro atoms. The molecule has 0 saturated heterocycles. The maximum atomic E-state index is 12.5. The Morgan fingerprint density at radius 2 is 1.52 bits per heavy atom. The first-order valence-electron chi connectivity index (χ1n) is 8.27. The van der Waals surface area contributed by atoms with Gasteiger partial charge in [-0.2, -0.15) is 0 Å². The van der Waals surface area contributed by atoms with E-state index in [1.165, 1.54) is 33.5 Å². The van der Waals surface area contributed by atoms with Crippen LogP contribution in [0.15, 0.2) is 36.4 Å². The van der Waals surface area contributed by atoms with E-state index in [0.717, 1.165) is 0 Å². The number of methoxy groups -OCH3 is 3. The molecule has 0 fully saturated rings. The first kappa shape index (κ1) is 20.1. The van der Waals surface area contributed by atoms with Gasteiger partial charge in [0.15, 0.2) is 18.1 Å². The van der Waals surface area contributed by atoms with Gasteiger partial charge in [-0.05, 0) is 31.2 Å². The summed E-state index contributed by atoms with van der Waals surface area (Å²) in [6.45, 7) is 1.79. The normalized spacial score (nSPS) is 10.1. The molecule has 7 heteroatoms. The van der Waals surface area contributed by atoms with Crippen LogP contribution < -0.4 is 18.9 Å². The molecular weight excluding hydrogens is 352 g/mol. The molecule has 0 aliphatic heterocycles. The molecule has 0 saturated carbocycles. The van der Waals surface area contributed by atoms with Crippen LogP contribution in [0.5, 0.6) is 23.0 Å². The van der Waals surface area contributed by atoms with Crippen LogP contribution >= 0.6 is 0 Å². The Morgan fingerprint density at radius 1 is 0.889 bits per heavy atom. The van der Waals surface area contributed by atoms with E-state index in [1.54, 1.807) is 24.3 Å². The number of rotatable bonds is 9. The van der Waals surface area contributed by atoms with Gasteiger partial charge in [0.1, 0.15) is 11.3 Å². The van der Waals surface area contributed by atoms with Crippen LogP contribution in [0.25, 0.3) is 0 Å². The Labute approximate surface area is 157 Å². The molecule has 2 rings (SSSR count). The van der Waals surface area contributed by atoms with E-state index in [9.17, 15) is 9.59 Å². The predicted molar refractivity (Wildman–Crippen MR) is 98.3 cm³/mol. The number of esters is 1. The summed E-state index contributed by atoms with van der Waals surface area (Å²) >= 11 is 0. The Hall–Kier alpha value is -3.22. The molecule has 0 radical (unpaired) electrons. The zero-order valence-corrected chi connectivity index (χ0v) is 15.7. The van der Waals surface area contributed by atoms with Crippen LogP contribution in [-0.4, -0.2) is 46.3 Å². The van der Waals surface area contributed by atoms with E-state index in [1.807, 2.05) is 6.92 Å². The average molecular weight is 374 g/mol. The third-order valence-electron chi connectivity index (χ3n) is 3.73. The summed E-state index contributed by atoms with van der Waals surface area (Å²) < 4.78 is 26.2. The zero-order chi connectivity index (χ0) is 19.8. The Morgan fingerprint density at radius 3 is 2.07 bits per heavy atom. The van der Waals surface area contributed by atoms with Gasteiger partial charge in [-0.3, -0.25) is 4.79 Å². The van der Waals surface area contributed by atoms with Crippen molar-refractivity contribution in [3.63, 3.8) is 0 Å². The van der Waals surface area contributed by atoms with Gasteiger partial charge in [0.05, 0.1) is 27.9 Å². The Bertz CT molecular complexity index is 789. The van der Waals surface area contributed by atoms with E-state index < -0.39 is 18.4 Å². The molecule has 0 aromatic heterocycles. The summed E-state index contributed by atoms with van der Waals surface area (Å²) in [5.41, 5.74) is 0.535. The van der Waals surface area contributed by atoms with Crippen molar-refractivity contribution < 1.29 is 33.3 Å². The molecule has 0 N–H and O–H groups in total. The molecule has 7 nitrogen and oxygen atoms in total. The van der Waals surface area contributed by atoms with Crippen molar-refractivity contribution in [2.24, 2.45) is 0 Å². The SMILES string of the molecule is CCOc1ccccc1C(=O)OCC(=O)c1cc(OC)c(OC)c(OC)c1. The van der Waals surface area contributed by atoms with Gasteiger partial charge < -0.3 is 23.7 Å². The highest BCUT2D eigenvalue weighted by atomic mass is 16.5. The Balaban J connectivity index is 2.15. The molecule has 2 aromatic rings. The number of benzene rings is 2. The lowest BCUT2D eigenvalue weighted by molar-refractivity contribution is 0.0471. The lowest BCUT2D eigenvalue weighted by atomic mass is 10.1. The topological polar surface area (TPSA) is 80.3 Å². The highest BCUT2D eigenvalue weighted by Gasteiger charge is 2.19. The van der Waals surface area contributed by atoms with Gasteiger partial charge in [0, 0.05) is 5.56 Å². The van der Waals surface area contributed by atoms with Crippen molar-refractivity contribution in [2.75, 3.05) is 34.5 Å². The number of carbonyl (C=O) groups excluding carboxylic acids is 2. The van der Waals surface area contributed by atoms with Crippen molar-refractivity contribution in [1.29, 1.82) is 0 Å². The number of ketones is 1. The molecule has 0 amide bonds. The summed E-state index contributed by atoms with van der Waals surface area (Å²) in [6.07, 6.45) is 0. The zero-order valence-electron chi connectivity index (χ0n) is 15.7. The molecule has 0 aliphatic carbocycles. The largest absolute Gasteiger partial charge is 0.493 e. The van der Waals surface area contributed by atoms with Crippen molar-refractivity contribution in [1.82, 2.24) is 0 Å². The summed E-state index contributed by atoms with van der Waals surface area (Å²) in [7, 11) is 4.38. The number of ether oxygens (including phenoxy) is 5. The monoisotopic (exact) mass is 374 g/mol. The molecule has 0 aliphatic rings. The third kappa shape index (κ3) is 4.69. The van der Waals surface area contributed by atoms with Crippen molar-refractivity contribution in [2.45, 2.75) is 6.92 Å². The lowest BCUT2D eigenvalue weighted by Gasteiger charge is -2.14. The second-order valence-electron chi connectivity index (χ2n) is 5.34. The molecule has 0 heterocycles. The van der Waals surface area contributed by atoms with Gasteiger partial charge in [0.25, 0.3) is 0 Å². The molecule has 0 atom stereocenters. The smallest absolute Gasteiger partial charge is 0.342 e. The van der Waals surface area contributed by atoms with Gasteiger partial charge in [0.2, 0.25) is 11.5 Å². The maximum absolute atomic E-state index is 12.5. The minimum Gasteiger partial charge on any atom is -0.493 e. The molecule has 27 heavy (non-hydrogen) atoms. The van der Waals surface area contributed by atoms with Crippen LogP contribution in [0.1, 0.15) is 27.6 Å². The second-order valence-corrected chi connectivity index (χ2v) is 5.34. The Kier molecular flexibility index (Phi) is 7.05. The van der Waals surface area contributed by atoms with E-state index in [0.29, 0.717) is 29.6 Å². The summed E-state index contributed by atoms with van der Waals surface area (Å²) in [5.74, 6) is 0.419. The standard InChI is InChI=1S/C20H22O7/c1-5-26-16-9-7-6-8-14(16)20(22)27-12-15(21)13-10-17(23-2)19(25-4)18(11-13)24-3/h6-11H,5,12H2,1-4H3. The quantitative estimate of drug-likeness (QED) is 0.493. The minimum atomic E-state index is -0.639. The molecule has 144 valence electrons. The fraction of sp³-hybridized carbons (Fsp3) is 0.300. The summed E-state index contributed by atoms with van der Waals surface area (Å²) in [5, 5.41) is 0. The van der Waals surface area contributed by atoms with Crippen LogP contribution in [0, 0.1) is 0 Å². The van der Waals surface area contributed by atoms with Crippen LogP contribution in [-0.2, 0) is 4.74 Å². The summed E-state index contributed by atoms with van der Waals surface area (Å²) in [6, 6.07) is 9.71. The van der Waals surface area contributed by atoms with E-state index in [2.05, 4.69) is 0 Å². The van der Waals surface area contributed by atoms with Crippen LogP contribution in [0.2, 0.25) is 0 Å². The highest BCUT2D eigenvalue weighted by Crippen LogP contribution is 2.38. The lowest BCUT2D eigenvalue weighted by Crippen LogP contribution is -2.15. The number of carbonyl (C=O) groups is 2. The van der Waals surface area contributed by atoms with Gasteiger partial charge in [-0.15, -0.1) is 0 Å².